The van der Waals surface area contributed by atoms with Gasteiger partial charge in [-0.25, -0.2) is 4.39 Å². The highest BCUT2D eigenvalue weighted by Crippen LogP contribution is 2.39. The van der Waals surface area contributed by atoms with E-state index in [1.807, 2.05) is 6.92 Å². The van der Waals surface area contributed by atoms with Crippen LogP contribution < -0.4 is 5.32 Å². The smallest absolute Gasteiger partial charge is 0.307 e. The summed E-state index contributed by atoms with van der Waals surface area (Å²) in [4.78, 5) is 23.7. The van der Waals surface area contributed by atoms with Crippen LogP contribution in [-0.4, -0.2) is 17.0 Å². The topological polar surface area (TPSA) is 66.4 Å². The molecule has 0 spiro atoms. The second-order valence-corrected chi connectivity index (χ2v) is 5.75. The van der Waals surface area contributed by atoms with Gasteiger partial charge in [0.05, 0.1) is 11.8 Å². The van der Waals surface area contributed by atoms with E-state index < -0.39 is 23.6 Å². The zero-order valence-electron chi connectivity index (χ0n) is 12.2. The van der Waals surface area contributed by atoms with Gasteiger partial charge in [0, 0.05) is 5.69 Å². The van der Waals surface area contributed by atoms with Crippen molar-refractivity contribution >= 4 is 17.6 Å². The number of aliphatic carboxylic acids is 1. The van der Waals surface area contributed by atoms with Crippen LogP contribution in [0.25, 0.3) is 0 Å². The standard InChI is InChI=1S/C16H20FNO3/c1-3-10-6-12(13(7-10)16(20)21)15(19)18-14-8-11(17)5-4-9(14)2/h4-5,8,10,12-13H,3,6-7H2,1-2H3,(H,18,19)(H,20,21)/t10?,12-,13+/m0/s1. The molecule has 1 aromatic carbocycles. The molecule has 2 N–H and O–H groups in total. The van der Waals surface area contributed by atoms with E-state index in [9.17, 15) is 19.1 Å². The van der Waals surface area contributed by atoms with Gasteiger partial charge in [-0.15, -0.1) is 0 Å². The summed E-state index contributed by atoms with van der Waals surface area (Å²) in [5, 5.41) is 12.0. The molecular weight excluding hydrogens is 273 g/mol. The fraction of sp³-hybridized carbons (Fsp3) is 0.500. The van der Waals surface area contributed by atoms with Gasteiger partial charge in [-0.2, -0.15) is 0 Å². The van der Waals surface area contributed by atoms with Gasteiger partial charge in [-0.1, -0.05) is 19.4 Å². The first kappa shape index (κ1) is 15.5. The Balaban J connectivity index is 2.15. The molecule has 0 saturated heterocycles. The van der Waals surface area contributed by atoms with Crippen LogP contribution >= 0.6 is 0 Å². The molecule has 1 aliphatic carbocycles. The van der Waals surface area contributed by atoms with E-state index in [1.54, 1.807) is 13.0 Å². The van der Waals surface area contributed by atoms with E-state index >= 15 is 0 Å². The van der Waals surface area contributed by atoms with Crippen molar-refractivity contribution in [3.05, 3.63) is 29.6 Å². The summed E-state index contributed by atoms with van der Waals surface area (Å²) in [6.07, 6.45) is 1.98. The fourth-order valence-electron chi connectivity index (χ4n) is 2.99. The average molecular weight is 293 g/mol. The Bertz CT molecular complexity index is 558. The average Bonchev–Trinajstić information content (AvgIpc) is 2.87. The maximum atomic E-state index is 13.3. The molecule has 0 bridgehead atoms. The van der Waals surface area contributed by atoms with E-state index in [0.29, 0.717) is 18.5 Å². The van der Waals surface area contributed by atoms with Gasteiger partial charge in [-0.3, -0.25) is 9.59 Å². The maximum Gasteiger partial charge on any atom is 0.307 e. The van der Waals surface area contributed by atoms with Gasteiger partial charge in [0.15, 0.2) is 0 Å². The zero-order chi connectivity index (χ0) is 15.6. The molecule has 0 aliphatic heterocycles. The molecule has 0 aromatic heterocycles. The number of aryl methyl sites for hydroxylation is 1. The number of amides is 1. The van der Waals surface area contributed by atoms with Gasteiger partial charge >= 0.3 is 5.97 Å². The summed E-state index contributed by atoms with van der Waals surface area (Å²) in [5.41, 5.74) is 1.16. The summed E-state index contributed by atoms with van der Waals surface area (Å²) < 4.78 is 13.3. The van der Waals surface area contributed by atoms with Crippen molar-refractivity contribution in [2.45, 2.75) is 33.1 Å². The largest absolute Gasteiger partial charge is 0.481 e. The molecule has 0 radical (unpaired) electrons. The third-order valence-electron chi connectivity index (χ3n) is 4.35. The number of benzene rings is 1. The minimum Gasteiger partial charge on any atom is -0.481 e. The Morgan fingerprint density at radius 1 is 1.33 bits per heavy atom. The molecule has 1 aromatic rings. The molecule has 4 nitrogen and oxygen atoms in total. The predicted molar refractivity (Wildman–Crippen MR) is 77.4 cm³/mol. The third-order valence-corrected chi connectivity index (χ3v) is 4.35. The number of carboxylic acids is 1. The molecule has 0 heterocycles. The highest BCUT2D eigenvalue weighted by atomic mass is 19.1. The first-order chi connectivity index (χ1) is 9.92. The van der Waals surface area contributed by atoms with Crippen LogP contribution in [0.1, 0.15) is 31.7 Å². The third kappa shape index (κ3) is 3.40. The first-order valence-corrected chi connectivity index (χ1v) is 7.22. The molecule has 1 fully saturated rings. The van der Waals surface area contributed by atoms with E-state index in [2.05, 4.69) is 5.32 Å². The number of carboxylic acid groups (broad SMARTS) is 1. The molecule has 1 unspecified atom stereocenters. The number of carbonyl (C=O) groups is 2. The number of hydrogen-bond donors (Lipinski definition) is 2. The summed E-state index contributed by atoms with van der Waals surface area (Å²) in [5.74, 6) is -2.62. The second kappa shape index (κ2) is 6.24. The quantitative estimate of drug-likeness (QED) is 0.895. The Morgan fingerprint density at radius 2 is 2.00 bits per heavy atom. The Kier molecular flexibility index (Phi) is 4.60. The van der Waals surface area contributed by atoms with E-state index in [0.717, 1.165) is 12.0 Å². The van der Waals surface area contributed by atoms with Crippen LogP contribution in [0.2, 0.25) is 0 Å². The SMILES string of the molecule is CCC1C[C@H](C(=O)Nc2cc(F)ccc2C)[C@H](C(=O)O)C1. The molecule has 5 heteroatoms. The molecule has 1 aliphatic rings. The fourth-order valence-corrected chi connectivity index (χ4v) is 2.99. The first-order valence-electron chi connectivity index (χ1n) is 7.22. The summed E-state index contributed by atoms with van der Waals surface area (Å²) >= 11 is 0. The monoisotopic (exact) mass is 293 g/mol. The number of anilines is 1. The highest BCUT2D eigenvalue weighted by molar-refractivity contribution is 5.96. The molecule has 114 valence electrons. The van der Waals surface area contributed by atoms with Crippen LogP contribution in [0.4, 0.5) is 10.1 Å². The van der Waals surface area contributed by atoms with Crippen molar-refractivity contribution in [2.24, 2.45) is 17.8 Å². The van der Waals surface area contributed by atoms with Gasteiger partial charge < -0.3 is 10.4 Å². The van der Waals surface area contributed by atoms with Crippen molar-refractivity contribution in [1.29, 1.82) is 0 Å². The van der Waals surface area contributed by atoms with Crippen LogP contribution in [0.3, 0.4) is 0 Å². The van der Waals surface area contributed by atoms with E-state index in [4.69, 9.17) is 0 Å². The zero-order valence-corrected chi connectivity index (χ0v) is 12.2. The Hall–Kier alpha value is -1.91. The minimum atomic E-state index is -0.929. The van der Waals surface area contributed by atoms with Gasteiger partial charge in [0.1, 0.15) is 5.82 Å². The molecule has 2 rings (SSSR count). The predicted octanol–water partition coefficient (Wildman–Crippen LogP) is 3.21. The van der Waals surface area contributed by atoms with Crippen LogP contribution in [0.15, 0.2) is 18.2 Å². The molecule has 1 saturated carbocycles. The van der Waals surface area contributed by atoms with Crippen molar-refractivity contribution < 1.29 is 19.1 Å². The Morgan fingerprint density at radius 3 is 2.62 bits per heavy atom. The lowest BCUT2D eigenvalue weighted by atomic mass is 9.95. The van der Waals surface area contributed by atoms with Crippen molar-refractivity contribution in [1.82, 2.24) is 0 Å². The molecule has 1 amide bonds. The van der Waals surface area contributed by atoms with Crippen LogP contribution in [-0.2, 0) is 9.59 Å². The maximum absolute atomic E-state index is 13.3. The number of carbonyl (C=O) groups excluding carboxylic acids is 1. The van der Waals surface area contributed by atoms with Crippen molar-refractivity contribution in [2.75, 3.05) is 5.32 Å². The molecular formula is C16H20FNO3. The van der Waals surface area contributed by atoms with Crippen molar-refractivity contribution in [3.8, 4) is 0 Å². The second-order valence-electron chi connectivity index (χ2n) is 5.75. The van der Waals surface area contributed by atoms with Crippen LogP contribution in [0, 0.1) is 30.5 Å². The van der Waals surface area contributed by atoms with Gasteiger partial charge in [0.2, 0.25) is 5.91 Å². The number of nitrogens with one attached hydrogen (secondary N) is 1. The molecule has 3 atom stereocenters. The van der Waals surface area contributed by atoms with E-state index in [-0.39, 0.29) is 11.8 Å². The minimum absolute atomic E-state index is 0.260. The number of hydrogen-bond acceptors (Lipinski definition) is 2. The number of rotatable bonds is 4. The van der Waals surface area contributed by atoms with Crippen molar-refractivity contribution in [3.63, 3.8) is 0 Å². The van der Waals surface area contributed by atoms with Gasteiger partial charge in [-0.05, 0) is 43.4 Å². The summed E-state index contributed by atoms with van der Waals surface area (Å²) in [6.45, 7) is 3.77. The normalized spacial score (nSPS) is 24.8. The van der Waals surface area contributed by atoms with E-state index in [1.165, 1.54) is 12.1 Å². The summed E-state index contributed by atoms with van der Waals surface area (Å²) in [6, 6.07) is 4.17. The van der Waals surface area contributed by atoms with Crippen LogP contribution in [0.5, 0.6) is 0 Å². The highest BCUT2D eigenvalue weighted by Gasteiger charge is 2.42. The molecule has 21 heavy (non-hydrogen) atoms. The number of halogens is 1. The Labute approximate surface area is 123 Å². The van der Waals surface area contributed by atoms with Gasteiger partial charge in [0.25, 0.3) is 0 Å². The lowest BCUT2D eigenvalue weighted by molar-refractivity contribution is -0.145. The lowest BCUT2D eigenvalue weighted by Gasteiger charge is -2.16. The summed E-state index contributed by atoms with van der Waals surface area (Å²) in [7, 11) is 0. The lowest BCUT2D eigenvalue weighted by Crippen LogP contribution is -2.30.